The van der Waals surface area contributed by atoms with Crippen molar-refractivity contribution in [1.82, 2.24) is 9.80 Å². The van der Waals surface area contributed by atoms with Crippen molar-refractivity contribution < 1.29 is 5.11 Å². The molecule has 1 heterocycles. The third kappa shape index (κ3) is 4.47. The number of nitrogens with zero attached hydrogens (tertiary/aromatic N) is 2. The molecule has 1 unspecified atom stereocenters. The Bertz CT molecular complexity index is 167. The van der Waals surface area contributed by atoms with Gasteiger partial charge in [0.2, 0.25) is 0 Å². The molecule has 0 bridgehead atoms. The fraction of sp³-hybridized carbons (Fsp3) is 1.00. The third-order valence-corrected chi connectivity index (χ3v) is 3.28. The summed E-state index contributed by atoms with van der Waals surface area (Å²) in [5.74, 6) is 0. The Morgan fingerprint density at radius 1 is 1.40 bits per heavy atom. The van der Waals surface area contributed by atoms with E-state index in [4.69, 9.17) is 10.8 Å². The zero-order valence-corrected chi connectivity index (χ0v) is 10.0. The van der Waals surface area contributed by atoms with Crippen molar-refractivity contribution in [3.8, 4) is 0 Å². The number of hydrogen-bond acceptors (Lipinski definition) is 4. The second-order valence-electron chi connectivity index (χ2n) is 4.77. The first-order chi connectivity index (χ1) is 7.13. The van der Waals surface area contributed by atoms with Crippen LogP contribution in [0.5, 0.6) is 0 Å². The summed E-state index contributed by atoms with van der Waals surface area (Å²) in [5.41, 5.74) is 5.90. The van der Waals surface area contributed by atoms with Gasteiger partial charge in [-0.1, -0.05) is 0 Å². The van der Waals surface area contributed by atoms with Gasteiger partial charge in [0, 0.05) is 25.2 Å². The minimum atomic E-state index is 0.130. The Morgan fingerprint density at radius 3 is 2.47 bits per heavy atom. The molecule has 0 spiro atoms. The van der Waals surface area contributed by atoms with Gasteiger partial charge in [0.25, 0.3) is 0 Å². The van der Waals surface area contributed by atoms with Crippen LogP contribution < -0.4 is 5.73 Å². The Balaban J connectivity index is 2.19. The van der Waals surface area contributed by atoms with E-state index in [-0.39, 0.29) is 12.6 Å². The van der Waals surface area contributed by atoms with Crippen LogP contribution in [0.3, 0.4) is 0 Å². The van der Waals surface area contributed by atoms with E-state index in [0.29, 0.717) is 6.42 Å². The molecule has 1 aliphatic rings. The molecule has 1 rings (SSSR count). The van der Waals surface area contributed by atoms with Crippen molar-refractivity contribution >= 4 is 0 Å². The molecular formula is C11H25N3O. The van der Waals surface area contributed by atoms with E-state index in [9.17, 15) is 0 Å². The van der Waals surface area contributed by atoms with Crippen molar-refractivity contribution in [3.05, 3.63) is 0 Å². The number of aliphatic hydroxyl groups is 1. The second kappa shape index (κ2) is 6.43. The summed E-state index contributed by atoms with van der Waals surface area (Å²) in [4.78, 5) is 4.73. The van der Waals surface area contributed by atoms with Crippen LogP contribution in [-0.2, 0) is 0 Å². The standard InChI is InChI=1S/C11H25N3O/c1-13(2)11-3-6-14(7-4-11)9-10(12)5-8-15/h10-11,15H,3-9,12H2,1-2H3. The summed E-state index contributed by atoms with van der Waals surface area (Å²) in [6, 6.07) is 0.862. The fourth-order valence-electron chi connectivity index (χ4n) is 2.21. The Kier molecular flexibility index (Phi) is 5.53. The number of hydrogen-bond donors (Lipinski definition) is 2. The maximum atomic E-state index is 8.78. The van der Waals surface area contributed by atoms with E-state index in [2.05, 4.69) is 23.9 Å². The molecule has 1 saturated heterocycles. The average Bonchev–Trinajstić information content (AvgIpc) is 2.18. The van der Waals surface area contributed by atoms with Gasteiger partial charge in [0.05, 0.1) is 0 Å². The highest BCUT2D eigenvalue weighted by Gasteiger charge is 2.21. The summed E-state index contributed by atoms with van der Waals surface area (Å²) in [5, 5.41) is 8.78. The largest absolute Gasteiger partial charge is 0.396 e. The van der Waals surface area contributed by atoms with E-state index >= 15 is 0 Å². The molecule has 1 aliphatic heterocycles. The first kappa shape index (κ1) is 12.9. The zero-order valence-electron chi connectivity index (χ0n) is 10.0. The molecule has 0 aliphatic carbocycles. The van der Waals surface area contributed by atoms with Gasteiger partial charge in [0.15, 0.2) is 0 Å². The Hall–Kier alpha value is -0.160. The minimum Gasteiger partial charge on any atom is -0.396 e. The molecule has 0 amide bonds. The molecule has 0 saturated carbocycles. The van der Waals surface area contributed by atoms with Crippen LogP contribution >= 0.6 is 0 Å². The van der Waals surface area contributed by atoms with Crippen molar-refractivity contribution in [1.29, 1.82) is 0 Å². The third-order valence-electron chi connectivity index (χ3n) is 3.28. The van der Waals surface area contributed by atoms with Crippen LogP contribution in [0.25, 0.3) is 0 Å². The molecule has 1 atom stereocenters. The molecule has 0 aromatic heterocycles. The monoisotopic (exact) mass is 215 g/mol. The molecule has 0 aromatic carbocycles. The zero-order chi connectivity index (χ0) is 11.3. The first-order valence-corrected chi connectivity index (χ1v) is 5.88. The van der Waals surface area contributed by atoms with Crippen LogP contribution in [0.2, 0.25) is 0 Å². The van der Waals surface area contributed by atoms with Crippen molar-refractivity contribution in [2.24, 2.45) is 5.73 Å². The predicted octanol–water partition coefficient (Wildman–Crippen LogP) is -0.278. The summed E-state index contributed by atoms with van der Waals surface area (Å²) >= 11 is 0. The lowest BCUT2D eigenvalue weighted by Crippen LogP contribution is -2.46. The first-order valence-electron chi connectivity index (χ1n) is 5.88. The normalized spacial score (nSPS) is 22.2. The van der Waals surface area contributed by atoms with Crippen LogP contribution in [0.4, 0.5) is 0 Å². The Morgan fingerprint density at radius 2 is 2.00 bits per heavy atom. The van der Waals surface area contributed by atoms with Crippen LogP contribution in [-0.4, -0.2) is 67.3 Å². The number of aliphatic hydroxyl groups excluding tert-OH is 1. The predicted molar refractivity (Wildman–Crippen MR) is 62.8 cm³/mol. The average molecular weight is 215 g/mol. The number of nitrogens with two attached hydrogens (primary N) is 1. The van der Waals surface area contributed by atoms with E-state index in [1.165, 1.54) is 12.8 Å². The molecule has 15 heavy (non-hydrogen) atoms. The SMILES string of the molecule is CN(C)C1CCN(CC(N)CCO)CC1. The van der Waals surface area contributed by atoms with Crippen molar-refractivity contribution in [3.63, 3.8) is 0 Å². The highest BCUT2D eigenvalue weighted by molar-refractivity contribution is 4.79. The quantitative estimate of drug-likeness (QED) is 0.662. The summed E-state index contributed by atoms with van der Waals surface area (Å²) in [6.07, 6.45) is 3.19. The molecular weight excluding hydrogens is 190 g/mol. The van der Waals surface area contributed by atoms with Gasteiger partial charge in [-0.2, -0.15) is 0 Å². The van der Waals surface area contributed by atoms with Crippen LogP contribution in [0.1, 0.15) is 19.3 Å². The lowest BCUT2D eigenvalue weighted by molar-refractivity contribution is 0.135. The topological polar surface area (TPSA) is 52.7 Å². The lowest BCUT2D eigenvalue weighted by Gasteiger charge is -2.36. The molecule has 1 fully saturated rings. The highest BCUT2D eigenvalue weighted by Crippen LogP contribution is 2.14. The summed E-state index contributed by atoms with van der Waals surface area (Å²) < 4.78 is 0. The van der Waals surface area contributed by atoms with Crippen LogP contribution in [0.15, 0.2) is 0 Å². The van der Waals surface area contributed by atoms with Crippen molar-refractivity contribution in [2.75, 3.05) is 40.3 Å². The number of rotatable bonds is 5. The minimum absolute atomic E-state index is 0.130. The van der Waals surface area contributed by atoms with Gasteiger partial charge in [-0.15, -0.1) is 0 Å². The number of piperidine rings is 1. The lowest BCUT2D eigenvalue weighted by atomic mass is 10.0. The van der Waals surface area contributed by atoms with E-state index in [1.807, 2.05) is 0 Å². The smallest absolute Gasteiger partial charge is 0.0446 e. The molecule has 90 valence electrons. The Labute approximate surface area is 93.0 Å². The fourth-order valence-corrected chi connectivity index (χ4v) is 2.21. The maximum Gasteiger partial charge on any atom is 0.0446 e. The summed E-state index contributed by atoms with van der Waals surface area (Å²) in [6.45, 7) is 3.42. The van der Waals surface area contributed by atoms with Gasteiger partial charge in [-0.05, 0) is 46.4 Å². The van der Waals surface area contributed by atoms with Crippen molar-refractivity contribution in [2.45, 2.75) is 31.3 Å². The number of likely N-dealkylation sites (tertiary alicyclic amines) is 1. The molecule has 0 aromatic rings. The van der Waals surface area contributed by atoms with Gasteiger partial charge >= 0.3 is 0 Å². The molecule has 0 radical (unpaired) electrons. The molecule has 3 N–H and O–H groups in total. The van der Waals surface area contributed by atoms with E-state index in [0.717, 1.165) is 25.7 Å². The second-order valence-corrected chi connectivity index (χ2v) is 4.77. The highest BCUT2D eigenvalue weighted by atomic mass is 16.3. The van der Waals surface area contributed by atoms with E-state index < -0.39 is 0 Å². The molecule has 4 nitrogen and oxygen atoms in total. The van der Waals surface area contributed by atoms with Gasteiger partial charge in [-0.25, -0.2) is 0 Å². The van der Waals surface area contributed by atoms with Gasteiger partial charge < -0.3 is 20.6 Å². The maximum absolute atomic E-state index is 8.78. The van der Waals surface area contributed by atoms with Gasteiger partial charge in [-0.3, -0.25) is 0 Å². The summed E-state index contributed by atoms with van der Waals surface area (Å²) in [7, 11) is 4.30. The van der Waals surface area contributed by atoms with E-state index in [1.54, 1.807) is 0 Å². The van der Waals surface area contributed by atoms with Gasteiger partial charge in [0.1, 0.15) is 0 Å². The molecule has 4 heteroatoms. The van der Waals surface area contributed by atoms with Crippen LogP contribution in [0, 0.1) is 0 Å².